The first kappa shape index (κ1) is 24.3. The summed E-state index contributed by atoms with van der Waals surface area (Å²) in [6, 6.07) is 15.6. The third-order valence-corrected chi connectivity index (χ3v) is 6.74. The SMILES string of the molecule is O=C(C[C@]1(COc2ccc(F)cc2)CN(C(=O)Cn2ccc3ccccc32)CCO1)N1CCOCC1. The van der Waals surface area contributed by atoms with Gasteiger partial charge in [-0.15, -0.1) is 0 Å². The molecule has 2 fully saturated rings. The van der Waals surface area contributed by atoms with E-state index in [0.717, 1.165) is 10.9 Å². The van der Waals surface area contributed by atoms with Crippen LogP contribution in [0.1, 0.15) is 6.42 Å². The van der Waals surface area contributed by atoms with Crippen LogP contribution in [-0.4, -0.2) is 84.4 Å². The Morgan fingerprint density at radius 2 is 1.67 bits per heavy atom. The summed E-state index contributed by atoms with van der Waals surface area (Å²) < 4.78 is 32.8. The third kappa shape index (κ3) is 5.52. The largest absolute Gasteiger partial charge is 0.490 e. The second-order valence-corrected chi connectivity index (χ2v) is 9.26. The van der Waals surface area contributed by atoms with Gasteiger partial charge >= 0.3 is 0 Å². The van der Waals surface area contributed by atoms with Gasteiger partial charge in [0.2, 0.25) is 11.8 Å². The number of carbonyl (C=O) groups excluding carboxylic acids is 2. The standard InChI is InChI=1S/C27H30FN3O5/c28-22-5-7-23(8-6-22)35-20-27(17-25(32)29-11-14-34-15-12-29)19-31(13-16-36-27)26(33)18-30-10-9-21-3-1-2-4-24(21)30/h1-10H,11-20H2/t27-/m1/s1. The van der Waals surface area contributed by atoms with Crippen LogP contribution in [0.25, 0.3) is 10.9 Å². The molecule has 0 saturated carbocycles. The summed E-state index contributed by atoms with van der Waals surface area (Å²) in [5.74, 6) is -0.000388. The molecule has 8 nitrogen and oxygen atoms in total. The van der Waals surface area contributed by atoms with E-state index < -0.39 is 5.60 Å². The Morgan fingerprint density at radius 3 is 2.47 bits per heavy atom. The Hall–Kier alpha value is -3.43. The zero-order valence-corrected chi connectivity index (χ0v) is 20.1. The van der Waals surface area contributed by atoms with Gasteiger partial charge in [-0.25, -0.2) is 4.39 Å². The molecule has 36 heavy (non-hydrogen) atoms. The zero-order valence-electron chi connectivity index (χ0n) is 20.1. The molecule has 2 aliphatic rings. The first-order valence-corrected chi connectivity index (χ1v) is 12.2. The number of hydrogen-bond acceptors (Lipinski definition) is 5. The van der Waals surface area contributed by atoms with E-state index >= 15 is 0 Å². The third-order valence-electron chi connectivity index (χ3n) is 6.74. The number of para-hydroxylation sites is 1. The maximum atomic E-state index is 13.4. The maximum Gasteiger partial charge on any atom is 0.242 e. The van der Waals surface area contributed by atoms with Crippen LogP contribution in [0.15, 0.2) is 60.8 Å². The number of amides is 2. The molecule has 2 aromatic carbocycles. The Labute approximate surface area is 209 Å². The molecular formula is C27H30FN3O5. The minimum absolute atomic E-state index is 0.0513. The molecule has 0 unspecified atom stereocenters. The molecule has 1 aromatic heterocycles. The van der Waals surface area contributed by atoms with Crippen molar-refractivity contribution < 1.29 is 28.2 Å². The van der Waals surface area contributed by atoms with E-state index in [1.165, 1.54) is 24.3 Å². The van der Waals surface area contributed by atoms with Crippen LogP contribution >= 0.6 is 0 Å². The van der Waals surface area contributed by atoms with Gasteiger partial charge in [0.05, 0.1) is 32.8 Å². The molecule has 0 radical (unpaired) electrons. The van der Waals surface area contributed by atoms with Crippen LogP contribution < -0.4 is 4.74 Å². The van der Waals surface area contributed by atoms with E-state index in [9.17, 15) is 14.0 Å². The number of aromatic nitrogens is 1. The van der Waals surface area contributed by atoms with Crippen LogP contribution in [-0.2, 0) is 25.6 Å². The van der Waals surface area contributed by atoms with E-state index in [4.69, 9.17) is 14.2 Å². The lowest BCUT2D eigenvalue weighted by Gasteiger charge is -2.43. The molecule has 5 rings (SSSR count). The minimum Gasteiger partial charge on any atom is -0.490 e. The number of rotatable bonds is 7. The fraction of sp³-hybridized carbons (Fsp3) is 0.407. The van der Waals surface area contributed by atoms with Gasteiger partial charge in [0.1, 0.15) is 30.3 Å². The number of benzene rings is 2. The van der Waals surface area contributed by atoms with Gasteiger partial charge in [0.25, 0.3) is 0 Å². The smallest absolute Gasteiger partial charge is 0.242 e. The highest BCUT2D eigenvalue weighted by Gasteiger charge is 2.42. The van der Waals surface area contributed by atoms with Gasteiger partial charge in [0, 0.05) is 31.3 Å². The van der Waals surface area contributed by atoms with E-state index in [1.54, 1.807) is 9.80 Å². The highest BCUT2D eigenvalue weighted by atomic mass is 19.1. The van der Waals surface area contributed by atoms with Crippen LogP contribution in [0.3, 0.4) is 0 Å². The van der Waals surface area contributed by atoms with Crippen LogP contribution in [0.5, 0.6) is 5.75 Å². The minimum atomic E-state index is -1.02. The average Bonchev–Trinajstić information content (AvgIpc) is 3.32. The Morgan fingerprint density at radius 1 is 0.917 bits per heavy atom. The van der Waals surface area contributed by atoms with Crippen LogP contribution in [0.4, 0.5) is 4.39 Å². The normalized spacial score (nSPS) is 20.5. The molecule has 190 valence electrons. The molecule has 2 amide bonds. The van der Waals surface area contributed by atoms with Gasteiger partial charge in [-0.05, 0) is 41.8 Å². The predicted molar refractivity (Wildman–Crippen MR) is 131 cm³/mol. The summed E-state index contributed by atoms with van der Waals surface area (Å²) in [6.07, 6.45) is 1.99. The summed E-state index contributed by atoms with van der Waals surface area (Å²) in [7, 11) is 0. The highest BCUT2D eigenvalue weighted by Crippen LogP contribution is 2.26. The lowest BCUT2D eigenvalue weighted by molar-refractivity contribution is -0.167. The number of nitrogens with zero attached hydrogens (tertiary/aromatic N) is 3. The molecule has 0 spiro atoms. The van der Waals surface area contributed by atoms with Crippen LogP contribution in [0.2, 0.25) is 0 Å². The van der Waals surface area contributed by atoms with Crippen molar-refractivity contribution in [2.45, 2.75) is 18.6 Å². The molecule has 0 aliphatic carbocycles. The molecule has 3 aromatic rings. The quantitative estimate of drug-likeness (QED) is 0.504. The van der Waals surface area contributed by atoms with Crippen molar-refractivity contribution in [1.29, 1.82) is 0 Å². The molecule has 2 aliphatic heterocycles. The number of morpholine rings is 2. The first-order chi connectivity index (χ1) is 17.5. The van der Waals surface area contributed by atoms with Gasteiger partial charge < -0.3 is 28.6 Å². The molecule has 2 saturated heterocycles. The van der Waals surface area contributed by atoms with E-state index in [-0.39, 0.29) is 43.7 Å². The van der Waals surface area contributed by atoms with Crippen molar-refractivity contribution in [2.24, 2.45) is 0 Å². The fourth-order valence-electron chi connectivity index (χ4n) is 4.77. The molecule has 3 heterocycles. The van der Waals surface area contributed by atoms with Gasteiger partial charge in [-0.3, -0.25) is 9.59 Å². The van der Waals surface area contributed by atoms with Crippen molar-refractivity contribution in [3.63, 3.8) is 0 Å². The van der Waals surface area contributed by atoms with Crippen molar-refractivity contribution >= 4 is 22.7 Å². The van der Waals surface area contributed by atoms with Crippen molar-refractivity contribution in [3.05, 3.63) is 66.6 Å². The fourth-order valence-corrected chi connectivity index (χ4v) is 4.77. The number of halogens is 1. The van der Waals surface area contributed by atoms with E-state index in [0.29, 0.717) is 45.2 Å². The highest BCUT2D eigenvalue weighted by molar-refractivity contribution is 5.83. The molecule has 0 N–H and O–H groups in total. The van der Waals surface area contributed by atoms with Crippen molar-refractivity contribution in [3.8, 4) is 5.75 Å². The van der Waals surface area contributed by atoms with Gasteiger partial charge in [0.15, 0.2) is 0 Å². The monoisotopic (exact) mass is 495 g/mol. The van der Waals surface area contributed by atoms with Gasteiger partial charge in [-0.2, -0.15) is 0 Å². The van der Waals surface area contributed by atoms with Crippen molar-refractivity contribution in [2.75, 3.05) is 52.6 Å². The second-order valence-electron chi connectivity index (χ2n) is 9.26. The van der Waals surface area contributed by atoms with Crippen LogP contribution in [0, 0.1) is 5.82 Å². The molecule has 1 atom stereocenters. The Kier molecular flexibility index (Phi) is 7.20. The maximum absolute atomic E-state index is 13.4. The summed E-state index contributed by atoms with van der Waals surface area (Å²) in [5, 5.41) is 1.07. The van der Waals surface area contributed by atoms with Crippen molar-refractivity contribution in [1.82, 2.24) is 14.4 Å². The molecular weight excluding hydrogens is 465 g/mol. The lowest BCUT2D eigenvalue weighted by Crippen LogP contribution is -2.59. The summed E-state index contributed by atoms with van der Waals surface area (Å²) in [6.45, 7) is 3.26. The number of fused-ring (bicyclic) bond motifs is 1. The second kappa shape index (κ2) is 10.7. The number of ether oxygens (including phenoxy) is 3. The Balaban J connectivity index is 1.32. The summed E-state index contributed by atoms with van der Waals surface area (Å²) in [4.78, 5) is 30.0. The Bertz CT molecular complexity index is 1210. The average molecular weight is 496 g/mol. The first-order valence-electron chi connectivity index (χ1n) is 12.2. The summed E-state index contributed by atoms with van der Waals surface area (Å²) in [5.41, 5.74) is -0.0244. The summed E-state index contributed by atoms with van der Waals surface area (Å²) >= 11 is 0. The topological polar surface area (TPSA) is 73.2 Å². The van der Waals surface area contributed by atoms with Gasteiger partial charge in [-0.1, -0.05) is 18.2 Å². The lowest BCUT2D eigenvalue weighted by atomic mass is 9.96. The predicted octanol–water partition coefficient (Wildman–Crippen LogP) is 2.71. The number of hydrogen-bond donors (Lipinski definition) is 0. The van der Waals surface area contributed by atoms with E-state index in [2.05, 4.69) is 0 Å². The number of carbonyl (C=O) groups is 2. The van der Waals surface area contributed by atoms with E-state index in [1.807, 2.05) is 41.1 Å². The molecule has 9 heteroatoms. The molecule has 0 bridgehead atoms. The zero-order chi connectivity index (χ0) is 25.0.